The minimum absolute atomic E-state index is 0.0842. The third-order valence-electron chi connectivity index (χ3n) is 7.01. The summed E-state index contributed by atoms with van der Waals surface area (Å²) in [6.07, 6.45) is 0.386. The maximum absolute atomic E-state index is 13.5. The first-order valence-electron chi connectivity index (χ1n) is 11.9. The van der Waals surface area contributed by atoms with Crippen molar-refractivity contribution in [1.82, 2.24) is 19.6 Å². The topological polar surface area (TPSA) is 42.4 Å². The van der Waals surface area contributed by atoms with Crippen LogP contribution in [0.2, 0.25) is 5.02 Å². The van der Waals surface area contributed by atoms with Gasteiger partial charge in [0.05, 0.1) is 18.0 Å². The van der Waals surface area contributed by atoms with Gasteiger partial charge >= 0.3 is 0 Å². The summed E-state index contributed by atoms with van der Waals surface area (Å²) in [5.74, 6) is 0.737. The van der Waals surface area contributed by atoms with E-state index in [0.717, 1.165) is 56.2 Å². The minimum Gasteiger partial charge on any atom is -0.354 e. The average molecular weight is 484 g/mol. The van der Waals surface area contributed by atoms with Gasteiger partial charge in [0.1, 0.15) is 11.7 Å². The maximum atomic E-state index is 13.5. The molecule has 8 heteroatoms. The molecule has 3 aliphatic rings. The van der Waals surface area contributed by atoms with E-state index >= 15 is 0 Å². The van der Waals surface area contributed by atoms with Crippen LogP contribution in [-0.2, 0) is 30.8 Å². The summed E-state index contributed by atoms with van der Waals surface area (Å²) in [6, 6.07) is 9.07. The molecule has 180 valence electrons. The zero-order chi connectivity index (χ0) is 23.8. The Morgan fingerprint density at radius 2 is 1.85 bits per heavy atom. The zero-order valence-electron chi connectivity index (χ0n) is 19.9. The Hall–Kier alpha value is -2.48. The van der Waals surface area contributed by atoms with Crippen LogP contribution in [0.15, 0.2) is 35.3 Å². The van der Waals surface area contributed by atoms with E-state index in [4.69, 9.17) is 16.6 Å². The predicted octanol–water partition coefficient (Wildman–Crippen LogP) is 3.00. The van der Waals surface area contributed by atoms with Crippen LogP contribution in [0.5, 0.6) is 0 Å². The van der Waals surface area contributed by atoms with E-state index in [1.165, 1.54) is 22.8 Å². The SMILES string of the molecule is CN(C)CCN1CCN(C2=NCc3cc4c(cc32)CN(Cc2ccc(F)c(Cl)c2)C(=O)C4)CC1. The van der Waals surface area contributed by atoms with Gasteiger partial charge in [0, 0.05) is 57.9 Å². The molecule has 1 fully saturated rings. The zero-order valence-corrected chi connectivity index (χ0v) is 20.6. The molecule has 0 aliphatic carbocycles. The van der Waals surface area contributed by atoms with Gasteiger partial charge in [0.25, 0.3) is 0 Å². The van der Waals surface area contributed by atoms with Crippen LogP contribution in [0.4, 0.5) is 4.39 Å². The molecule has 0 aromatic heterocycles. The predicted molar refractivity (Wildman–Crippen MR) is 133 cm³/mol. The first-order valence-corrected chi connectivity index (χ1v) is 12.3. The first-order chi connectivity index (χ1) is 16.4. The highest BCUT2D eigenvalue weighted by Gasteiger charge is 2.29. The molecule has 0 bridgehead atoms. The lowest BCUT2D eigenvalue weighted by Crippen LogP contribution is -2.50. The van der Waals surface area contributed by atoms with Crippen molar-refractivity contribution >= 4 is 23.3 Å². The summed E-state index contributed by atoms with van der Waals surface area (Å²) in [5.41, 5.74) is 5.53. The van der Waals surface area contributed by atoms with Crippen LogP contribution in [0.1, 0.15) is 27.8 Å². The Labute approximate surface area is 205 Å². The first kappa shape index (κ1) is 23.3. The van der Waals surface area contributed by atoms with Crippen molar-refractivity contribution in [2.75, 3.05) is 53.4 Å². The van der Waals surface area contributed by atoms with E-state index in [1.807, 2.05) is 4.90 Å². The fraction of sp³-hybridized carbons (Fsp3) is 0.462. The summed E-state index contributed by atoms with van der Waals surface area (Å²) >= 11 is 5.94. The fourth-order valence-electron chi connectivity index (χ4n) is 5.00. The van der Waals surface area contributed by atoms with Gasteiger partial charge in [-0.25, -0.2) is 4.39 Å². The normalized spacial score (nSPS) is 18.4. The van der Waals surface area contributed by atoms with Crippen molar-refractivity contribution < 1.29 is 9.18 Å². The van der Waals surface area contributed by atoms with Crippen LogP contribution in [0.3, 0.4) is 0 Å². The number of amides is 1. The summed E-state index contributed by atoms with van der Waals surface area (Å²) in [4.78, 5) is 26.7. The molecule has 34 heavy (non-hydrogen) atoms. The molecule has 1 amide bonds. The molecular weight excluding hydrogens is 453 g/mol. The smallest absolute Gasteiger partial charge is 0.227 e. The second-order valence-corrected chi connectivity index (χ2v) is 10.1. The third-order valence-corrected chi connectivity index (χ3v) is 7.30. The number of piperazine rings is 1. The lowest BCUT2D eigenvalue weighted by Gasteiger charge is -2.36. The van der Waals surface area contributed by atoms with Crippen LogP contribution < -0.4 is 0 Å². The van der Waals surface area contributed by atoms with Gasteiger partial charge in [-0.15, -0.1) is 0 Å². The van der Waals surface area contributed by atoms with Gasteiger partial charge in [-0.05, 0) is 54.5 Å². The molecule has 3 aliphatic heterocycles. The van der Waals surface area contributed by atoms with Crippen molar-refractivity contribution in [3.8, 4) is 0 Å². The largest absolute Gasteiger partial charge is 0.354 e. The standard InChI is InChI=1S/C26H31ClFN5O/c1-30(2)5-6-31-7-9-32(10-8-31)26-22-13-21-17-33(16-18-3-4-24(28)23(27)11-18)25(34)14-19(21)12-20(22)15-29-26/h3-4,11-13H,5-10,14-17H2,1-2H3. The molecule has 2 aromatic rings. The van der Waals surface area contributed by atoms with Crippen molar-refractivity contribution in [2.45, 2.75) is 26.1 Å². The number of carbonyl (C=O) groups is 1. The Morgan fingerprint density at radius 3 is 2.59 bits per heavy atom. The number of halogens is 2. The Morgan fingerprint density at radius 1 is 1.06 bits per heavy atom. The van der Waals surface area contributed by atoms with Crippen molar-refractivity contribution in [1.29, 1.82) is 0 Å². The lowest BCUT2D eigenvalue weighted by atomic mass is 9.93. The van der Waals surface area contributed by atoms with Crippen molar-refractivity contribution in [3.63, 3.8) is 0 Å². The molecule has 0 unspecified atom stereocenters. The molecule has 6 nitrogen and oxygen atoms in total. The molecule has 0 saturated carbocycles. The lowest BCUT2D eigenvalue weighted by molar-refractivity contribution is -0.132. The number of aliphatic imine (C=N–C) groups is 1. The molecule has 5 rings (SSSR count). The summed E-state index contributed by atoms with van der Waals surface area (Å²) in [5, 5.41) is 0.0860. The van der Waals surface area contributed by atoms with Crippen LogP contribution in [0.25, 0.3) is 0 Å². The monoisotopic (exact) mass is 483 g/mol. The van der Waals surface area contributed by atoms with E-state index in [1.54, 1.807) is 12.1 Å². The molecule has 0 spiro atoms. The number of likely N-dealkylation sites (N-methyl/N-ethyl adjacent to an activating group) is 1. The summed E-state index contributed by atoms with van der Waals surface area (Å²) in [6.45, 7) is 7.90. The van der Waals surface area contributed by atoms with Crippen LogP contribution >= 0.6 is 11.6 Å². The highest BCUT2D eigenvalue weighted by Crippen LogP contribution is 2.30. The van der Waals surface area contributed by atoms with Crippen LogP contribution in [0, 0.1) is 5.82 Å². The third kappa shape index (κ3) is 4.83. The Balaban J connectivity index is 1.28. The second-order valence-electron chi connectivity index (χ2n) is 9.72. The molecule has 1 saturated heterocycles. The second kappa shape index (κ2) is 9.64. The number of hydrogen-bond donors (Lipinski definition) is 0. The van der Waals surface area contributed by atoms with E-state index < -0.39 is 5.82 Å². The molecule has 0 atom stereocenters. The molecule has 3 heterocycles. The van der Waals surface area contributed by atoms with Gasteiger partial charge in [0.15, 0.2) is 0 Å². The number of hydrogen-bond acceptors (Lipinski definition) is 5. The fourth-order valence-corrected chi connectivity index (χ4v) is 5.21. The van der Waals surface area contributed by atoms with Gasteiger partial charge in [-0.2, -0.15) is 0 Å². The van der Waals surface area contributed by atoms with Crippen LogP contribution in [-0.4, -0.2) is 84.7 Å². The number of rotatable bonds is 5. The number of benzene rings is 2. The molecule has 2 aromatic carbocycles. The van der Waals surface area contributed by atoms with E-state index in [-0.39, 0.29) is 10.9 Å². The minimum atomic E-state index is -0.443. The van der Waals surface area contributed by atoms with Gasteiger partial charge < -0.3 is 14.7 Å². The number of amidine groups is 1. The molecule has 0 N–H and O–H groups in total. The molecular formula is C26H31ClFN5O. The quantitative estimate of drug-likeness (QED) is 0.655. The highest BCUT2D eigenvalue weighted by molar-refractivity contribution is 6.30. The van der Waals surface area contributed by atoms with E-state index in [0.29, 0.717) is 26.1 Å². The number of carbonyl (C=O) groups excluding carboxylic acids is 1. The van der Waals surface area contributed by atoms with Crippen molar-refractivity contribution in [3.05, 3.63) is 69.0 Å². The maximum Gasteiger partial charge on any atom is 0.227 e. The summed E-state index contributed by atoms with van der Waals surface area (Å²) in [7, 11) is 4.23. The molecule has 0 radical (unpaired) electrons. The summed E-state index contributed by atoms with van der Waals surface area (Å²) < 4.78 is 13.5. The number of nitrogens with zero attached hydrogens (tertiary/aromatic N) is 5. The van der Waals surface area contributed by atoms with E-state index in [2.05, 4.69) is 40.9 Å². The average Bonchev–Trinajstić information content (AvgIpc) is 3.22. The van der Waals surface area contributed by atoms with Gasteiger partial charge in [-0.3, -0.25) is 14.7 Å². The number of fused-ring (bicyclic) bond motifs is 2. The van der Waals surface area contributed by atoms with Gasteiger partial charge in [0.2, 0.25) is 5.91 Å². The Kier molecular flexibility index (Phi) is 6.60. The van der Waals surface area contributed by atoms with Gasteiger partial charge in [-0.1, -0.05) is 23.7 Å². The highest BCUT2D eigenvalue weighted by atomic mass is 35.5. The van der Waals surface area contributed by atoms with Crippen molar-refractivity contribution in [2.24, 2.45) is 4.99 Å². The van der Waals surface area contributed by atoms with E-state index in [9.17, 15) is 9.18 Å². The Bertz CT molecular complexity index is 1130.